The molecular weight excluding hydrogens is 292 g/mol. The van der Waals surface area contributed by atoms with Gasteiger partial charge in [0.1, 0.15) is 5.82 Å². The third-order valence-electron chi connectivity index (χ3n) is 2.51. The summed E-state index contributed by atoms with van der Waals surface area (Å²) in [7, 11) is -0.774. The van der Waals surface area contributed by atoms with Crippen LogP contribution >= 0.6 is 0 Å². The first-order chi connectivity index (χ1) is 9.15. The predicted octanol–water partition coefficient (Wildman–Crippen LogP) is 0.168. The average Bonchev–Trinajstić information content (AvgIpc) is 2.33. The lowest BCUT2D eigenvalue weighted by Crippen LogP contribution is -2.34. The van der Waals surface area contributed by atoms with Crippen LogP contribution in [0.15, 0.2) is 12.1 Å². The third kappa shape index (κ3) is 3.87. The maximum Gasteiger partial charge on any atom is 0.254 e. The van der Waals surface area contributed by atoms with E-state index in [0.717, 1.165) is 10.4 Å². The molecule has 20 heavy (non-hydrogen) atoms. The lowest BCUT2D eigenvalue weighted by atomic mass is 10.1. The fraction of sp³-hybridized carbons (Fsp3) is 0.364. The highest BCUT2D eigenvalue weighted by Crippen LogP contribution is 2.17. The van der Waals surface area contributed by atoms with Crippen molar-refractivity contribution in [2.75, 3.05) is 32.1 Å². The zero-order valence-corrected chi connectivity index (χ0v) is 11.8. The Kier molecular flexibility index (Phi) is 5.01. The first-order valence-electron chi connectivity index (χ1n) is 5.58. The number of nitrogens with zero attached hydrogens (tertiary/aromatic N) is 1. The number of benzene rings is 1. The number of nitrogens with two attached hydrogens (primary N) is 1. The second-order valence-corrected chi connectivity index (χ2v) is 6.51. The molecule has 0 spiro atoms. The summed E-state index contributed by atoms with van der Waals surface area (Å²) in [4.78, 5) is 11.6. The number of anilines is 1. The molecule has 0 heterocycles. The fourth-order valence-electron chi connectivity index (χ4n) is 1.35. The SMILES string of the molecule is CN(C)S(=O)(=O)CCNC(=O)c1cc(F)cc(N)c1F. The number of carbonyl (C=O) groups excluding carboxylic acids is 1. The van der Waals surface area contributed by atoms with Crippen molar-refractivity contribution in [3.63, 3.8) is 0 Å². The van der Waals surface area contributed by atoms with E-state index in [1.54, 1.807) is 0 Å². The summed E-state index contributed by atoms with van der Waals surface area (Å²) in [6, 6.07) is 1.45. The van der Waals surface area contributed by atoms with E-state index in [9.17, 15) is 22.0 Å². The Bertz CT molecular complexity index is 618. The van der Waals surface area contributed by atoms with Gasteiger partial charge in [-0.2, -0.15) is 0 Å². The van der Waals surface area contributed by atoms with Gasteiger partial charge in [0.15, 0.2) is 5.82 Å². The van der Waals surface area contributed by atoms with Crippen LogP contribution < -0.4 is 11.1 Å². The van der Waals surface area contributed by atoms with Gasteiger partial charge in [-0.3, -0.25) is 4.79 Å². The quantitative estimate of drug-likeness (QED) is 0.758. The standard InChI is InChI=1S/C11H15F2N3O3S/c1-16(2)20(18,19)4-3-15-11(17)8-5-7(12)6-9(14)10(8)13/h5-6H,3-4,14H2,1-2H3,(H,15,17). The van der Waals surface area contributed by atoms with E-state index >= 15 is 0 Å². The largest absolute Gasteiger partial charge is 0.396 e. The summed E-state index contributed by atoms with van der Waals surface area (Å²) in [6.45, 7) is -0.227. The van der Waals surface area contributed by atoms with Gasteiger partial charge in [-0.25, -0.2) is 21.5 Å². The minimum absolute atomic E-state index is 0.227. The lowest BCUT2D eigenvalue weighted by Gasteiger charge is -2.12. The molecule has 0 aliphatic rings. The van der Waals surface area contributed by atoms with E-state index in [0.29, 0.717) is 6.07 Å². The van der Waals surface area contributed by atoms with Crippen LogP contribution in [0.1, 0.15) is 10.4 Å². The van der Waals surface area contributed by atoms with Crippen molar-refractivity contribution in [3.05, 3.63) is 29.3 Å². The number of nitrogen functional groups attached to an aromatic ring is 1. The van der Waals surface area contributed by atoms with Gasteiger partial charge >= 0.3 is 0 Å². The number of amides is 1. The first-order valence-corrected chi connectivity index (χ1v) is 7.19. The molecule has 1 aromatic carbocycles. The van der Waals surface area contributed by atoms with E-state index in [1.807, 2.05) is 0 Å². The van der Waals surface area contributed by atoms with Crippen LogP contribution in [0.4, 0.5) is 14.5 Å². The smallest absolute Gasteiger partial charge is 0.254 e. The van der Waals surface area contributed by atoms with Gasteiger partial charge in [0.2, 0.25) is 10.0 Å². The molecule has 1 rings (SSSR count). The van der Waals surface area contributed by atoms with Gasteiger partial charge in [-0.05, 0) is 12.1 Å². The van der Waals surface area contributed by atoms with E-state index < -0.39 is 38.8 Å². The van der Waals surface area contributed by atoms with E-state index in [1.165, 1.54) is 14.1 Å². The molecule has 1 amide bonds. The number of hydrogen-bond acceptors (Lipinski definition) is 4. The summed E-state index contributed by atoms with van der Waals surface area (Å²) >= 11 is 0. The van der Waals surface area contributed by atoms with Crippen LogP contribution in [0.3, 0.4) is 0 Å². The summed E-state index contributed by atoms with van der Waals surface area (Å²) in [5.74, 6) is -3.17. The summed E-state index contributed by atoms with van der Waals surface area (Å²) in [5.41, 5.74) is 4.14. The van der Waals surface area contributed by atoms with E-state index in [2.05, 4.69) is 5.32 Å². The Morgan fingerprint density at radius 2 is 1.95 bits per heavy atom. The summed E-state index contributed by atoms with van der Waals surface area (Å²) in [6.07, 6.45) is 0. The summed E-state index contributed by atoms with van der Waals surface area (Å²) in [5, 5.41) is 2.20. The van der Waals surface area contributed by atoms with Gasteiger partial charge in [0.05, 0.1) is 17.0 Å². The number of nitrogens with one attached hydrogen (secondary N) is 1. The van der Waals surface area contributed by atoms with Gasteiger partial charge in [0, 0.05) is 20.6 Å². The van der Waals surface area contributed by atoms with E-state index in [4.69, 9.17) is 5.73 Å². The molecular formula is C11H15F2N3O3S. The molecule has 0 bridgehead atoms. The highest BCUT2D eigenvalue weighted by Gasteiger charge is 2.18. The topological polar surface area (TPSA) is 92.5 Å². The highest BCUT2D eigenvalue weighted by atomic mass is 32.2. The third-order valence-corrected chi connectivity index (χ3v) is 4.34. The molecule has 9 heteroatoms. The van der Waals surface area contributed by atoms with Crippen molar-refractivity contribution in [1.29, 1.82) is 0 Å². The Labute approximate surface area is 115 Å². The van der Waals surface area contributed by atoms with Gasteiger partial charge in [-0.1, -0.05) is 0 Å². The number of sulfonamides is 1. The second kappa shape index (κ2) is 6.14. The molecule has 3 N–H and O–H groups in total. The van der Waals surface area contributed by atoms with Gasteiger partial charge < -0.3 is 11.1 Å². The van der Waals surface area contributed by atoms with Crippen LogP contribution in [0, 0.1) is 11.6 Å². The Hall–Kier alpha value is -1.74. The van der Waals surface area contributed by atoms with Gasteiger partial charge in [0.25, 0.3) is 5.91 Å². The molecule has 0 unspecified atom stereocenters. The van der Waals surface area contributed by atoms with Crippen LogP contribution in [0.25, 0.3) is 0 Å². The average molecular weight is 307 g/mol. The monoisotopic (exact) mass is 307 g/mol. The van der Waals surface area contributed by atoms with Crippen molar-refractivity contribution in [1.82, 2.24) is 9.62 Å². The maximum atomic E-state index is 13.5. The molecule has 0 radical (unpaired) electrons. The number of rotatable bonds is 5. The van der Waals surface area contributed by atoms with Crippen molar-refractivity contribution in [2.24, 2.45) is 0 Å². The van der Waals surface area contributed by atoms with Crippen LogP contribution in [-0.4, -0.2) is 45.0 Å². The highest BCUT2D eigenvalue weighted by molar-refractivity contribution is 7.89. The number of hydrogen-bond donors (Lipinski definition) is 2. The Balaban J connectivity index is 2.74. The van der Waals surface area contributed by atoms with Crippen molar-refractivity contribution < 1.29 is 22.0 Å². The summed E-state index contributed by atoms with van der Waals surface area (Å²) < 4.78 is 50.5. The van der Waals surface area contributed by atoms with Crippen LogP contribution in [-0.2, 0) is 10.0 Å². The maximum absolute atomic E-state index is 13.5. The molecule has 0 saturated heterocycles. The lowest BCUT2D eigenvalue weighted by molar-refractivity contribution is 0.0951. The van der Waals surface area contributed by atoms with Crippen LogP contribution in [0.5, 0.6) is 0 Å². The normalized spacial score (nSPS) is 11.7. The first kappa shape index (κ1) is 16.3. The fourth-order valence-corrected chi connectivity index (χ4v) is 2.07. The Morgan fingerprint density at radius 3 is 2.50 bits per heavy atom. The van der Waals surface area contributed by atoms with Gasteiger partial charge in [-0.15, -0.1) is 0 Å². The zero-order chi connectivity index (χ0) is 15.5. The molecule has 0 aliphatic heterocycles. The number of carbonyl (C=O) groups is 1. The molecule has 0 fully saturated rings. The molecule has 0 atom stereocenters. The molecule has 112 valence electrons. The number of halogens is 2. The minimum Gasteiger partial charge on any atom is -0.396 e. The van der Waals surface area contributed by atoms with Crippen molar-refractivity contribution >= 4 is 21.6 Å². The van der Waals surface area contributed by atoms with Crippen molar-refractivity contribution in [2.45, 2.75) is 0 Å². The minimum atomic E-state index is -3.48. The van der Waals surface area contributed by atoms with E-state index in [-0.39, 0.29) is 12.3 Å². The van der Waals surface area contributed by atoms with Crippen LogP contribution in [0.2, 0.25) is 0 Å². The predicted molar refractivity (Wildman–Crippen MR) is 70.6 cm³/mol. The molecule has 0 aliphatic carbocycles. The molecule has 6 nitrogen and oxygen atoms in total. The zero-order valence-electron chi connectivity index (χ0n) is 11.0. The molecule has 1 aromatic rings. The molecule has 0 saturated carbocycles. The Morgan fingerprint density at radius 1 is 1.35 bits per heavy atom. The van der Waals surface area contributed by atoms with Crippen molar-refractivity contribution in [3.8, 4) is 0 Å². The second-order valence-electron chi connectivity index (χ2n) is 4.21. The molecule has 0 aromatic heterocycles.